The molecule has 1 aliphatic rings. The summed E-state index contributed by atoms with van der Waals surface area (Å²) >= 11 is 0. The summed E-state index contributed by atoms with van der Waals surface area (Å²) in [4.78, 5) is 14.9. The number of rotatable bonds is 6. The molecule has 1 N–H and O–H groups in total. The third kappa shape index (κ3) is 4.64. The molecule has 6 heteroatoms. The molecule has 0 bridgehead atoms. The van der Waals surface area contributed by atoms with E-state index in [0.29, 0.717) is 5.56 Å². The van der Waals surface area contributed by atoms with Gasteiger partial charge in [-0.2, -0.15) is 5.10 Å². The van der Waals surface area contributed by atoms with Gasteiger partial charge in [0.05, 0.1) is 18.9 Å². The highest BCUT2D eigenvalue weighted by molar-refractivity contribution is 5.93. The van der Waals surface area contributed by atoms with Crippen LogP contribution in [0.1, 0.15) is 48.7 Å². The number of carbonyl (C=O) groups excluding carboxylic acids is 1. The third-order valence-electron chi connectivity index (χ3n) is 4.77. The maximum Gasteiger partial charge on any atom is 0.254 e. The molecule has 0 unspecified atom stereocenters. The molecule has 0 spiro atoms. The van der Waals surface area contributed by atoms with E-state index in [0.717, 1.165) is 38.2 Å². The lowest BCUT2D eigenvalue weighted by atomic mass is 10.0. The second-order valence-corrected chi connectivity index (χ2v) is 7.20. The minimum atomic E-state index is -0.0369. The smallest absolute Gasteiger partial charge is 0.254 e. The predicted molar refractivity (Wildman–Crippen MR) is 101 cm³/mol. The second kappa shape index (κ2) is 8.36. The van der Waals surface area contributed by atoms with E-state index in [2.05, 4.69) is 27.4 Å². The van der Waals surface area contributed by atoms with Gasteiger partial charge in [-0.15, -0.1) is 0 Å². The zero-order valence-electron chi connectivity index (χ0n) is 15.8. The lowest BCUT2D eigenvalue weighted by molar-refractivity contribution is 0.0900. The third-order valence-corrected chi connectivity index (χ3v) is 4.77. The van der Waals surface area contributed by atoms with Crippen LogP contribution in [-0.4, -0.2) is 46.8 Å². The maximum absolute atomic E-state index is 12.5. The van der Waals surface area contributed by atoms with E-state index in [1.54, 1.807) is 13.3 Å². The molecule has 1 atom stereocenters. The lowest BCUT2D eigenvalue weighted by Gasteiger charge is -2.33. The van der Waals surface area contributed by atoms with E-state index >= 15 is 0 Å². The van der Waals surface area contributed by atoms with Crippen molar-refractivity contribution in [3.63, 3.8) is 0 Å². The number of ether oxygens (including phenoxy) is 1. The van der Waals surface area contributed by atoms with Gasteiger partial charge in [-0.1, -0.05) is 12.1 Å². The van der Waals surface area contributed by atoms with E-state index in [-0.39, 0.29) is 18.0 Å². The number of aromatic nitrogens is 2. The number of hydrogen-bond acceptors (Lipinski definition) is 4. The Morgan fingerprint density at radius 1 is 1.42 bits per heavy atom. The van der Waals surface area contributed by atoms with Crippen LogP contribution in [0, 0.1) is 0 Å². The number of likely N-dealkylation sites (tertiary alicyclic amines) is 1. The summed E-state index contributed by atoms with van der Waals surface area (Å²) in [6.45, 7) is 6.88. The Labute approximate surface area is 155 Å². The monoisotopic (exact) mass is 356 g/mol. The van der Waals surface area contributed by atoms with E-state index in [4.69, 9.17) is 4.74 Å². The van der Waals surface area contributed by atoms with Gasteiger partial charge < -0.3 is 10.1 Å². The summed E-state index contributed by atoms with van der Waals surface area (Å²) in [5.41, 5.74) is 1.86. The maximum atomic E-state index is 12.5. The Balaban J connectivity index is 1.56. The number of nitrogens with zero attached hydrogens (tertiary/aromatic N) is 3. The van der Waals surface area contributed by atoms with Crippen LogP contribution < -0.4 is 10.1 Å². The van der Waals surface area contributed by atoms with Crippen LogP contribution in [0.25, 0.3) is 0 Å². The second-order valence-electron chi connectivity index (χ2n) is 7.20. The van der Waals surface area contributed by atoms with Crippen molar-refractivity contribution < 1.29 is 9.53 Å². The van der Waals surface area contributed by atoms with E-state index < -0.39 is 0 Å². The minimum Gasteiger partial charge on any atom is -0.497 e. The average molecular weight is 356 g/mol. The number of carbonyl (C=O) groups is 1. The fourth-order valence-electron chi connectivity index (χ4n) is 3.35. The SMILES string of the molecule is COc1cccc(CN2CCC[C@@H](NC(=O)c3cnn(C(C)C)c3)C2)c1. The van der Waals surface area contributed by atoms with Gasteiger partial charge >= 0.3 is 0 Å². The van der Waals surface area contributed by atoms with Crippen molar-refractivity contribution in [3.8, 4) is 5.75 Å². The van der Waals surface area contributed by atoms with Crippen molar-refractivity contribution in [2.75, 3.05) is 20.2 Å². The molecular weight excluding hydrogens is 328 g/mol. The first kappa shape index (κ1) is 18.5. The quantitative estimate of drug-likeness (QED) is 0.865. The summed E-state index contributed by atoms with van der Waals surface area (Å²) in [7, 11) is 1.69. The molecule has 1 aliphatic heterocycles. The van der Waals surface area contributed by atoms with Gasteiger partial charge in [0.1, 0.15) is 5.75 Å². The Morgan fingerprint density at radius 2 is 2.27 bits per heavy atom. The van der Waals surface area contributed by atoms with Crippen LogP contribution in [0.5, 0.6) is 5.75 Å². The zero-order valence-corrected chi connectivity index (χ0v) is 15.8. The Bertz CT molecular complexity index is 741. The van der Waals surface area contributed by atoms with Crippen LogP contribution in [0.4, 0.5) is 0 Å². The molecule has 2 heterocycles. The van der Waals surface area contributed by atoms with Gasteiger partial charge in [-0.25, -0.2) is 0 Å². The highest BCUT2D eigenvalue weighted by atomic mass is 16.5. The van der Waals surface area contributed by atoms with E-state index in [9.17, 15) is 4.79 Å². The summed E-state index contributed by atoms with van der Waals surface area (Å²) in [5, 5.41) is 7.42. The number of benzene rings is 1. The van der Waals surface area contributed by atoms with Crippen molar-refractivity contribution in [1.29, 1.82) is 0 Å². The Kier molecular flexibility index (Phi) is 5.93. The van der Waals surface area contributed by atoms with Crippen LogP contribution in [0.3, 0.4) is 0 Å². The van der Waals surface area contributed by atoms with Crippen molar-refractivity contribution in [3.05, 3.63) is 47.8 Å². The first-order valence-electron chi connectivity index (χ1n) is 9.25. The Hall–Kier alpha value is -2.34. The summed E-state index contributed by atoms with van der Waals surface area (Å²) in [6, 6.07) is 8.59. The minimum absolute atomic E-state index is 0.0369. The van der Waals surface area contributed by atoms with Crippen molar-refractivity contribution >= 4 is 5.91 Å². The van der Waals surface area contributed by atoms with Crippen LogP contribution in [-0.2, 0) is 6.54 Å². The molecule has 0 radical (unpaired) electrons. The largest absolute Gasteiger partial charge is 0.497 e. The molecule has 0 saturated carbocycles. The highest BCUT2D eigenvalue weighted by Crippen LogP contribution is 2.18. The molecule has 140 valence electrons. The first-order chi connectivity index (χ1) is 12.5. The van der Waals surface area contributed by atoms with Gasteiger partial charge in [0.25, 0.3) is 5.91 Å². The van der Waals surface area contributed by atoms with Gasteiger partial charge in [-0.3, -0.25) is 14.4 Å². The fourth-order valence-corrected chi connectivity index (χ4v) is 3.35. The lowest BCUT2D eigenvalue weighted by Crippen LogP contribution is -2.47. The molecule has 0 aliphatic carbocycles. The van der Waals surface area contributed by atoms with Crippen LogP contribution in [0.2, 0.25) is 0 Å². The molecule has 1 aromatic carbocycles. The Morgan fingerprint density at radius 3 is 3.00 bits per heavy atom. The molecule has 6 nitrogen and oxygen atoms in total. The summed E-state index contributed by atoms with van der Waals surface area (Å²) in [5.74, 6) is 0.844. The number of nitrogens with one attached hydrogen (secondary N) is 1. The molecule has 1 saturated heterocycles. The molecular formula is C20H28N4O2. The van der Waals surface area contributed by atoms with Crippen LogP contribution in [0.15, 0.2) is 36.7 Å². The summed E-state index contributed by atoms with van der Waals surface area (Å²) in [6.07, 6.45) is 5.56. The van der Waals surface area contributed by atoms with Crippen molar-refractivity contribution in [1.82, 2.24) is 20.0 Å². The topological polar surface area (TPSA) is 59.4 Å². The molecule has 1 aromatic heterocycles. The normalized spacial score (nSPS) is 18.1. The summed E-state index contributed by atoms with van der Waals surface area (Å²) < 4.78 is 7.11. The van der Waals surface area contributed by atoms with Gasteiger partial charge in [0.15, 0.2) is 0 Å². The van der Waals surface area contributed by atoms with Crippen molar-refractivity contribution in [2.45, 2.75) is 45.3 Å². The molecule has 2 aromatic rings. The zero-order chi connectivity index (χ0) is 18.5. The van der Waals surface area contributed by atoms with Crippen molar-refractivity contribution in [2.24, 2.45) is 0 Å². The molecule has 26 heavy (non-hydrogen) atoms. The highest BCUT2D eigenvalue weighted by Gasteiger charge is 2.22. The predicted octanol–water partition coefficient (Wildman–Crippen LogP) is 2.87. The van der Waals surface area contributed by atoms with Gasteiger partial charge in [0, 0.05) is 31.4 Å². The van der Waals surface area contributed by atoms with Gasteiger partial charge in [-0.05, 0) is 50.9 Å². The van der Waals surface area contributed by atoms with E-state index in [1.165, 1.54) is 5.56 Å². The number of hydrogen-bond donors (Lipinski definition) is 1. The van der Waals surface area contributed by atoms with E-state index in [1.807, 2.05) is 36.9 Å². The van der Waals surface area contributed by atoms with Gasteiger partial charge in [0.2, 0.25) is 0 Å². The molecule has 1 amide bonds. The van der Waals surface area contributed by atoms with Crippen LogP contribution >= 0.6 is 0 Å². The average Bonchev–Trinajstić information content (AvgIpc) is 3.13. The number of methoxy groups -OCH3 is 1. The number of piperidine rings is 1. The standard InChI is InChI=1S/C20H28N4O2/c1-15(2)24-13-17(11-21-24)20(25)22-18-7-5-9-23(14-18)12-16-6-4-8-19(10-16)26-3/h4,6,8,10-11,13,15,18H,5,7,9,12,14H2,1-3H3,(H,22,25)/t18-/m1/s1. The molecule has 1 fully saturated rings. The fraction of sp³-hybridized carbons (Fsp3) is 0.500. The first-order valence-corrected chi connectivity index (χ1v) is 9.25. The molecule has 3 rings (SSSR count). The number of amides is 1.